The van der Waals surface area contributed by atoms with Gasteiger partial charge in [0.05, 0.1) is 12.2 Å². The van der Waals surface area contributed by atoms with Crippen molar-refractivity contribution in [2.45, 2.75) is 32.9 Å². The van der Waals surface area contributed by atoms with Crippen molar-refractivity contribution in [2.24, 2.45) is 0 Å². The van der Waals surface area contributed by atoms with E-state index in [2.05, 4.69) is 4.98 Å². The maximum atomic E-state index is 13.9. The van der Waals surface area contributed by atoms with Crippen LogP contribution in [0.15, 0.2) is 36.5 Å². The number of nitrogen functional groups attached to an aromatic ring is 1. The van der Waals surface area contributed by atoms with Gasteiger partial charge in [0.25, 0.3) is 0 Å². The van der Waals surface area contributed by atoms with E-state index < -0.39 is 11.5 Å². The number of rotatable bonds is 3. The summed E-state index contributed by atoms with van der Waals surface area (Å²) < 4.78 is 33.0. The van der Waals surface area contributed by atoms with Crippen molar-refractivity contribution in [2.75, 3.05) is 23.7 Å². The van der Waals surface area contributed by atoms with E-state index >= 15 is 0 Å². The van der Waals surface area contributed by atoms with Crippen LogP contribution in [0.2, 0.25) is 0 Å². The van der Waals surface area contributed by atoms with Gasteiger partial charge < -0.3 is 15.4 Å². The molecule has 1 saturated heterocycles. The van der Waals surface area contributed by atoms with Gasteiger partial charge in [-0.15, -0.1) is 0 Å². The Kier molecular flexibility index (Phi) is 5.59. The summed E-state index contributed by atoms with van der Waals surface area (Å²) in [5.41, 5.74) is 4.31. The van der Waals surface area contributed by atoms with Gasteiger partial charge in [-0.1, -0.05) is 13.8 Å². The molecule has 130 valence electrons. The predicted molar refractivity (Wildman–Crippen MR) is 92.8 cm³/mol. The van der Waals surface area contributed by atoms with Crippen LogP contribution in [0.1, 0.15) is 27.2 Å². The number of pyridine rings is 1. The quantitative estimate of drug-likeness (QED) is 0.836. The van der Waals surface area contributed by atoms with Crippen LogP contribution in [0, 0.1) is 5.82 Å². The fraction of sp³-hybridized carbons (Fsp3) is 0.389. The normalized spacial score (nSPS) is 19.6. The lowest BCUT2D eigenvalue weighted by Crippen LogP contribution is -2.26. The molecule has 0 spiro atoms. The van der Waals surface area contributed by atoms with Gasteiger partial charge in [-0.05, 0) is 25.1 Å². The number of ether oxygens (including phenoxy) is 1. The van der Waals surface area contributed by atoms with E-state index in [9.17, 15) is 8.78 Å². The minimum atomic E-state index is -1.20. The minimum Gasteiger partial charge on any atom is -0.457 e. The third-order valence-corrected chi connectivity index (χ3v) is 3.67. The van der Waals surface area contributed by atoms with Crippen molar-refractivity contribution in [3.63, 3.8) is 0 Å². The van der Waals surface area contributed by atoms with Crippen LogP contribution in [0.4, 0.5) is 20.3 Å². The van der Waals surface area contributed by atoms with E-state index in [0.29, 0.717) is 36.8 Å². The van der Waals surface area contributed by atoms with Crippen LogP contribution in [0.25, 0.3) is 0 Å². The zero-order valence-corrected chi connectivity index (χ0v) is 14.2. The molecule has 3 rings (SSSR count). The topological polar surface area (TPSA) is 51.4 Å². The third-order valence-electron chi connectivity index (χ3n) is 3.67. The molecule has 0 radical (unpaired) electrons. The number of anilines is 2. The number of nitrogens with two attached hydrogens (primary N) is 1. The minimum absolute atomic E-state index is 0.0714. The molecule has 2 N–H and O–H groups in total. The van der Waals surface area contributed by atoms with Crippen LogP contribution < -0.4 is 15.4 Å². The van der Waals surface area contributed by atoms with Crippen molar-refractivity contribution in [1.29, 1.82) is 0 Å². The molecule has 24 heavy (non-hydrogen) atoms. The number of hydrogen-bond acceptors (Lipinski definition) is 4. The summed E-state index contributed by atoms with van der Waals surface area (Å²) in [6.07, 6.45) is 2.06. The van der Waals surface area contributed by atoms with Crippen LogP contribution in [-0.4, -0.2) is 23.7 Å². The zero-order valence-electron chi connectivity index (χ0n) is 14.2. The zero-order chi connectivity index (χ0) is 17.7. The van der Waals surface area contributed by atoms with Gasteiger partial charge in [0.2, 0.25) is 0 Å². The number of aromatic nitrogens is 1. The number of benzene rings is 1. The number of halogens is 2. The Bertz CT molecular complexity index is 692. The SMILES string of the molecule is CC.CC1(F)CCN(c2cc(Oc3ccc(N)c(F)c3)ccn2)C1. The summed E-state index contributed by atoms with van der Waals surface area (Å²) in [5.74, 6) is 0.983. The predicted octanol–water partition coefficient (Wildman–Crippen LogP) is 4.56. The molecule has 1 aliphatic heterocycles. The van der Waals surface area contributed by atoms with Crippen LogP contribution in [-0.2, 0) is 0 Å². The summed E-state index contributed by atoms with van der Waals surface area (Å²) in [5, 5.41) is 0. The van der Waals surface area contributed by atoms with Gasteiger partial charge >= 0.3 is 0 Å². The van der Waals surface area contributed by atoms with Crippen LogP contribution >= 0.6 is 0 Å². The van der Waals surface area contributed by atoms with Gasteiger partial charge in [0.15, 0.2) is 0 Å². The Morgan fingerprint density at radius 1 is 1.21 bits per heavy atom. The van der Waals surface area contributed by atoms with Gasteiger partial charge in [0, 0.05) is 31.3 Å². The average Bonchev–Trinajstić information content (AvgIpc) is 2.93. The van der Waals surface area contributed by atoms with E-state index in [0.717, 1.165) is 0 Å². The molecule has 1 unspecified atom stereocenters. The van der Waals surface area contributed by atoms with E-state index in [1.165, 1.54) is 12.1 Å². The largest absolute Gasteiger partial charge is 0.457 e. The van der Waals surface area contributed by atoms with Crippen molar-refractivity contribution in [3.05, 3.63) is 42.3 Å². The Balaban J connectivity index is 0.00000100. The van der Waals surface area contributed by atoms with Gasteiger partial charge in [-0.25, -0.2) is 13.8 Å². The number of alkyl halides is 1. The van der Waals surface area contributed by atoms with Crippen molar-refractivity contribution < 1.29 is 13.5 Å². The van der Waals surface area contributed by atoms with Crippen LogP contribution in [0.3, 0.4) is 0 Å². The van der Waals surface area contributed by atoms with Gasteiger partial charge in [-0.3, -0.25) is 0 Å². The molecular formula is C18H23F2N3O. The summed E-state index contributed by atoms with van der Waals surface area (Å²) in [7, 11) is 0. The molecule has 1 fully saturated rings. The van der Waals surface area contributed by atoms with Crippen molar-refractivity contribution >= 4 is 11.5 Å². The summed E-state index contributed by atoms with van der Waals surface area (Å²) in [6.45, 7) is 6.50. The molecule has 0 amide bonds. The Morgan fingerprint density at radius 2 is 1.92 bits per heavy atom. The lowest BCUT2D eigenvalue weighted by Gasteiger charge is -2.19. The molecule has 0 aliphatic carbocycles. The highest BCUT2D eigenvalue weighted by molar-refractivity contribution is 5.48. The molecule has 6 heteroatoms. The standard InChI is InChI=1S/C16H17F2N3O.C2H6/c1-16(18)5-7-21(10-16)15-9-12(4-6-20-15)22-11-2-3-14(19)13(17)8-11;1-2/h2-4,6,8-9H,5,7,10,19H2,1H3;1-2H3. The molecule has 1 aromatic carbocycles. The summed E-state index contributed by atoms with van der Waals surface area (Å²) >= 11 is 0. The molecule has 0 saturated carbocycles. The highest BCUT2D eigenvalue weighted by Crippen LogP contribution is 2.31. The maximum Gasteiger partial charge on any atom is 0.149 e. The fourth-order valence-electron chi connectivity index (χ4n) is 2.46. The second-order valence-corrected chi connectivity index (χ2v) is 5.72. The summed E-state index contributed by atoms with van der Waals surface area (Å²) in [6, 6.07) is 7.65. The van der Waals surface area contributed by atoms with Gasteiger partial charge in [0.1, 0.15) is 28.8 Å². The smallest absolute Gasteiger partial charge is 0.149 e. The second kappa shape index (κ2) is 7.47. The Morgan fingerprint density at radius 3 is 2.54 bits per heavy atom. The highest BCUT2D eigenvalue weighted by Gasteiger charge is 2.34. The Labute approximate surface area is 141 Å². The molecule has 1 atom stereocenters. The Hall–Kier alpha value is -2.37. The average molecular weight is 335 g/mol. The third kappa shape index (κ3) is 4.34. The molecule has 1 aromatic heterocycles. The molecule has 4 nitrogen and oxygen atoms in total. The van der Waals surface area contributed by atoms with E-state index in [4.69, 9.17) is 10.5 Å². The maximum absolute atomic E-state index is 13.9. The number of hydrogen-bond donors (Lipinski definition) is 1. The molecule has 2 aromatic rings. The van der Waals surface area contributed by atoms with Crippen molar-refractivity contribution in [3.8, 4) is 11.5 Å². The first-order chi connectivity index (χ1) is 11.4. The molecule has 2 heterocycles. The first-order valence-electron chi connectivity index (χ1n) is 8.06. The first-order valence-corrected chi connectivity index (χ1v) is 8.06. The lowest BCUT2D eigenvalue weighted by atomic mass is 10.1. The van der Waals surface area contributed by atoms with Crippen molar-refractivity contribution in [1.82, 2.24) is 4.98 Å². The van der Waals surface area contributed by atoms with Crippen LogP contribution in [0.5, 0.6) is 11.5 Å². The molecule has 1 aliphatic rings. The first kappa shape index (κ1) is 18.0. The monoisotopic (exact) mass is 335 g/mol. The molecular weight excluding hydrogens is 312 g/mol. The molecule has 0 bridgehead atoms. The summed E-state index contributed by atoms with van der Waals surface area (Å²) in [4.78, 5) is 6.12. The van der Waals surface area contributed by atoms with Gasteiger partial charge in [-0.2, -0.15) is 0 Å². The fourth-order valence-corrected chi connectivity index (χ4v) is 2.46. The van der Waals surface area contributed by atoms with E-state index in [1.54, 1.807) is 31.3 Å². The highest BCUT2D eigenvalue weighted by atomic mass is 19.1. The van der Waals surface area contributed by atoms with E-state index in [-0.39, 0.29) is 5.69 Å². The number of nitrogens with zero attached hydrogens (tertiary/aromatic N) is 2. The van der Waals surface area contributed by atoms with E-state index in [1.807, 2.05) is 18.7 Å². The second-order valence-electron chi connectivity index (χ2n) is 5.72. The lowest BCUT2D eigenvalue weighted by molar-refractivity contribution is 0.221.